The summed E-state index contributed by atoms with van der Waals surface area (Å²) in [7, 11) is 0. The van der Waals surface area contributed by atoms with E-state index in [2.05, 4.69) is 19.9 Å². The molecule has 0 fully saturated rings. The van der Waals surface area contributed by atoms with Gasteiger partial charge in [-0.25, -0.2) is 0 Å². The quantitative estimate of drug-likeness (QED) is 0.559. The maximum atomic E-state index is 10.5. The predicted molar refractivity (Wildman–Crippen MR) is 66.1 cm³/mol. The van der Waals surface area contributed by atoms with Crippen molar-refractivity contribution >= 4 is 16.8 Å². The number of halogens is 1. The molecular formula is C13H17ClO2. The van der Waals surface area contributed by atoms with Crippen molar-refractivity contribution in [1.29, 1.82) is 0 Å². The molecule has 0 atom stereocenters. The van der Waals surface area contributed by atoms with E-state index in [0.717, 1.165) is 5.75 Å². The second kappa shape index (κ2) is 6.54. The third kappa shape index (κ3) is 4.23. The van der Waals surface area contributed by atoms with Crippen LogP contribution in [0.15, 0.2) is 24.3 Å². The molecule has 0 aromatic heterocycles. The van der Waals surface area contributed by atoms with Crippen molar-refractivity contribution in [3.05, 3.63) is 29.8 Å². The SMILES string of the molecule is CC(C)c1ccccc1OCCCC(=O)Cl. The van der Waals surface area contributed by atoms with Crippen LogP contribution in [0.4, 0.5) is 0 Å². The summed E-state index contributed by atoms with van der Waals surface area (Å²) < 4.78 is 5.64. The summed E-state index contributed by atoms with van der Waals surface area (Å²) in [5, 5.41) is -0.305. The third-order valence-electron chi connectivity index (χ3n) is 2.32. The Morgan fingerprint density at radius 2 is 2.06 bits per heavy atom. The highest BCUT2D eigenvalue weighted by Gasteiger charge is 2.06. The van der Waals surface area contributed by atoms with Crippen LogP contribution in [-0.2, 0) is 4.79 Å². The highest BCUT2D eigenvalue weighted by atomic mass is 35.5. The van der Waals surface area contributed by atoms with Gasteiger partial charge in [-0.1, -0.05) is 32.0 Å². The number of para-hydroxylation sites is 1. The van der Waals surface area contributed by atoms with Gasteiger partial charge in [-0.2, -0.15) is 0 Å². The van der Waals surface area contributed by atoms with Gasteiger partial charge in [0.1, 0.15) is 5.75 Å². The second-order valence-corrected chi connectivity index (χ2v) is 4.42. The fraction of sp³-hybridized carbons (Fsp3) is 0.462. The van der Waals surface area contributed by atoms with Crippen LogP contribution in [0.2, 0.25) is 0 Å². The van der Waals surface area contributed by atoms with Gasteiger partial charge in [-0.15, -0.1) is 0 Å². The Morgan fingerprint density at radius 1 is 1.38 bits per heavy atom. The van der Waals surface area contributed by atoms with Crippen LogP contribution >= 0.6 is 11.6 Å². The number of hydrogen-bond acceptors (Lipinski definition) is 2. The van der Waals surface area contributed by atoms with E-state index in [1.807, 2.05) is 18.2 Å². The Balaban J connectivity index is 2.50. The summed E-state index contributed by atoms with van der Waals surface area (Å²) in [4.78, 5) is 10.5. The molecule has 0 aliphatic carbocycles. The Bertz CT molecular complexity index is 348. The molecule has 0 spiro atoms. The molecule has 3 heteroatoms. The second-order valence-electron chi connectivity index (χ2n) is 4.00. The van der Waals surface area contributed by atoms with Crippen molar-refractivity contribution < 1.29 is 9.53 Å². The average Bonchev–Trinajstić information content (AvgIpc) is 2.24. The Kier molecular flexibility index (Phi) is 5.33. The zero-order valence-corrected chi connectivity index (χ0v) is 10.5. The van der Waals surface area contributed by atoms with Crippen molar-refractivity contribution in [2.24, 2.45) is 0 Å². The van der Waals surface area contributed by atoms with Crippen molar-refractivity contribution in [1.82, 2.24) is 0 Å². The Hall–Kier alpha value is -1.02. The van der Waals surface area contributed by atoms with Crippen LogP contribution in [0.25, 0.3) is 0 Å². The molecule has 0 aliphatic heterocycles. The summed E-state index contributed by atoms with van der Waals surface area (Å²) in [6.07, 6.45) is 1.03. The van der Waals surface area contributed by atoms with E-state index < -0.39 is 0 Å². The molecule has 1 aromatic carbocycles. The summed E-state index contributed by atoms with van der Waals surface area (Å²) >= 11 is 5.25. The third-order valence-corrected chi connectivity index (χ3v) is 2.51. The van der Waals surface area contributed by atoms with E-state index in [0.29, 0.717) is 25.4 Å². The minimum atomic E-state index is -0.305. The zero-order valence-electron chi connectivity index (χ0n) is 9.70. The lowest BCUT2D eigenvalue weighted by Gasteiger charge is -2.13. The molecule has 0 bridgehead atoms. The van der Waals surface area contributed by atoms with E-state index in [4.69, 9.17) is 16.3 Å². The number of ether oxygens (including phenoxy) is 1. The van der Waals surface area contributed by atoms with Crippen molar-refractivity contribution in [3.8, 4) is 5.75 Å². The topological polar surface area (TPSA) is 26.3 Å². The smallest absolute Gasteiger partial charge is 0.221 e. The maximum Gasteiger partial charge on any atom is 0.221 e. The van der Waals surface area contributed by atoms with E-state index >= 15 is 0 Å². The number of carbonyl (C=O) groups is 1. The first-order valence-corrected chi connectivity index (χ1v) is 5.89. The standard InChI is InChI=1S/C13H17ClO2/c1-10(2)11-6-3-4-7-12(11)16-9-5-8-13(14)15/h3-4,6-7,10H,5,8-9H2,1-2H3. The van der Waals surface area contributed by atoms with E-state index in [1.54, 1.807) is 0 Å². The molecule has 2 nitrogen and oxygen atoms in total. The minimum absolute atomic E-state index is 0.305. The molecule has 0 saturated carbocycles. The Morgan fingerprint density at radius 3 is 2.69 bits per heavy atom. The van der Waals surface area contributed by atoms with Gasteiger partial charge in [-0.05, 0) is 35.6 Å². The lowest BCUT2D eigenvalue weighted by Crippen LogP contribution is -2.02. The highest BCUT2D eigenvalue weighted by molar-refractivity contribution is 6.63. The number of benzene rings is 1. The van der Waals surface area contributed by atoms with Gasteiger partial charge in [0.05, 0.1) is 6.61 Å². The van der Waals surface area contributed by atoms with Crippen LogP contribution in [0.1, 0.15) is 38.2 Å². The maximum absolute atomic E-state index is 10.5. The summed E-state index contributed by atoms with van der Waals surface area (Å²) in [5.41, 5.74) is 1.19. The molecule has 0 N–H and O–H groups in total. The van der Waals surface area contributed by atoms with E-state index in [-0.39, 0.29) is 5.24 Å². The lowest BCUT2D eigenvalue weighted by atomic mass is 10.0. The van der Waals surface area contributed by atoms with Gasteiger partial charge in [0.15, 0.2) is 0 Å². The Labute approximate surface area is 102 Å². The van der Waals surface area contributed by atoms with Gasteiger partial charge in [0.25, 0.3) is 0 Å². The molecule has 88 valence electrons. The molecule has 0 heterocycles. The molecule has 1 rings (SSSR count). The van der Waals surface area contributed by atoms with Gasteiger partial charge in [0.2, 0.25) is 5.24 Å². The summed E-state index contributed by atoms with van der Waals surface area (Å²) in [6, 6.07) is 7.98. The van der Waals surface area contributed by atoms with Crippen molar-refractivity contribution in [3.63, 3.8) is 0 Å². The molecule has 16 heavy (non-hydrogen) atoms. The minimum Gasteiger partial charge on any atom is -0.493 e. The zero-order chi connectivity index (χ0) is 12.0. The van der Waals surface area contributed by atoms with Crippen molar-refractivity contribution in [2.75, 3.05) is 6.61 Å². The normalized spacial score (nSPS) is 10.5. The molecular weight excluding hydrogens is 224 g/mol. The summed E-state index contributed by atoms with van der Waals surface area (Å²) in [6.45, 7) is 4.79. The van der Waals surface area contributed by atoms with Crippen LogP contribution in [0, 0.1) is 0 Å². The number of hydrogen-bond donors (Lipinski definition) is 0. The van der Waals surface area contributed by atoms with E-state index in [1.165, 1.54) is 5.56 Å². The number of carbonyl (C=O) groups excluding carboxylic acids is 1. The molecule has 0 amide bonds. The lowest BCUT2D eigenvalue weighted by molar-refractivity contribution is -0.111. The fourth-order valence-corrected chi connectivity index (χ4v) is 1.62. The first-order chi connectivity index (χ1) is 7.61. The van der Waals surface area contributed by atoms with Crippen LogP contribution in [0.3, 0.4) is 0 Å². The van der Waals surface area contributed by atoms with E-state index in [9.17, 15) is 4.79 Å². The van der Waals surface area contributed by atoms with Gasteiger partial charge in [0, 0.05) is 6.42 Å². The average molecular weight is 241 g/mol. The fourth-order valence-electron chi connectivity index (χ4n) is 1.48. The monoisotopic (exact) mass is 240 g/mol. The largest absolute Gasteiger partial charge is 0.493 e. The molecule has 0 saturated heterocycles. The van der Waals surface area contributed by atoms with Gasteiger partial charge in [-0.3, -0.25) is 4.79 Å². The van der Waals surface area contributed by atoms with Crippen LogP contribution in [-0.4, -0.2) is 11.8 Å². The van der Waals surface area contributed by atoms with Gasteiger partial charge < -0.3 is 4.74 Å². The van der Waals surface area contributed by atoms with Crippen LogP contribution in [0.5, 0.6) is 5.75 Å². The van der Waals surface area contributed by atoms with Crippen molar-refractivity contribution in [2.45, 2.75) is 32.6 Å². The predicted octanol–water partition coefficient (Wildman–Crippen LogP) is 3.73. The first kappa shape index (κ1) is 13.0. The molecule has 0 unspecified atom stereocenters. The van der Waals surface area contributed by atoms with Gasteiger partial charge >= 0.3 is 0 Å². The molecule has 0 aliphatic rings. The summed E-state index contributed by atoms with van der Waals surface area (Å²) in [5.74, 6) is 1.34. The molecule has 1 aromatic rings. The van der Waals surface area contributed by atoms with Crippen LogP contribution < -0.4 is 4.74 Å². The molecule has 0 radical (unpaired) electrons. The first-order valence-electron chi connectivity index (χ1n) is 5.51. The highest BCUT2D eigenvalue weighted by Crippen LogP contribution is 2.25. The number of rotatable bonds is 6.